The van der Waals surface area contributed by atoms with Gasteiger partial charge in [-0.05, 0) is 118 Å². The predicted octanol–water partition coefficient (Wildman–Crippen LogP) is 19.5. The molecule has 0 spiro atoms. The summed E-state index contributed by atoms with van der Waals surface area (Å²) in [6.07, 6.45) is 38.0. The number of sulfonamides is 1. The lowest BCUT2D eigenvalue weighted by molar-refractivity contribution is 0.383. The number of aromatic nitrogens is 4. The second kappa shape index (κ2) is 26.7. The summed E-state index contributed by atoms with van der Waals surface area (Å²) < 4.78 is 34.8. The first-order chi connectivity index (χ1) is 40.2. The van der Waals surface area contributed by atoms with Gasteiger partial charge in [-0.25, -0.2) is 18.4 Å². The van der Waals surface area contributed by atoms with Crippen molar-refractivity contribution in [1.82, 2.24) is 23.1 Å². The number of fused-ring (bicyclic) bond motifs is 10. The van der Waals surface area contributed by atoms with Gasteiger partial charge in [0.25, 0.3) is 11.1 Å². The van der Waals surface area contributed by atoms with Crippen LogP contribution >= 0.6 is 0 Å². The highest BCUT2D eigenvalue weighted by Gasteiger charge is 2.27. The summed E-state index contributed by atoms with van der Waals surface area (Å²) in [6.45, 7) is 7.80. The molecular formula is C72H89N5O4S. The minimum absolute atomic E-state index is 0.0662. The van der Waals surface area contributed by atoms with E-state index >= 15 is 0 Å². The van der Waals surface area contributed by atoms with Gasteiger partial charge in [-0.15, -0.1) is 0 Å². The fourth-order valence-electron chi connectivity index (χ4n) is 14.0. The quantitative estimate of drug-likeness (QED) is 0.0223. The van der Waals surface area contributed by atoms with E-state index in [1.165, 1.54) is 153 Å². The Morgan fingerprint density at radius 1 is 0.366 bits per heavy atom. The van der Waals surface area contributed by atoms with Gasteiger partial charge in [-0.2, -0.15) is 4.31 Å². The highest BCUT2D eigenvalue weighted by atomic mass is 32.2. The average Bonchev–Trinajstić information content (AvgIpc) is 3.63. The van der Waals surface area contributed by atoms with Gasteiger partial charge in [-0.1, -0.05) is 224 Å². The Morgan fingerprint density at radius 2 is 0.695 bits per heavy atom. The van der Waals surface area contributed by atoms with E-state index in [0.717, 1.165) is 116 Å². The van der Waals surface area contributed by atoms with E-state index < -0.39 is 10.0 Å². The van der Waals surface area contributed by atoms with Gasteiger partial charge >= 0.3 is 0 Å². The second-order valence-corrected chi connectivity index (χ2v) is 26.4. The van der Waals surface area contributed by atoms with E-state index in [0.29, 0.717) is 46.2 Å². The highest BCUT2D eigenvalue weighted by Crippen LogP contribution is 2.46. The summed E-state index contributed by atoms with van der Waals surface area (Å²) in [5, 5.41) is 10.9. The van der Waals surface area contributed by atoms with Crippen LogP contribution in [-0.4, -0.2) is 44.6 Å². The lowest BCUT2D eigenvalue weighted by atomic mass is 9.86. The minimum atomic E-state index is -3.85. The molecule has 0 N–H and O–H groups in total. The van der Waals surface area contributed by atoms with E-state index in [2.05, 4.69) is 75.4 Å². The molecule has 11 aromatic rings. The van der Waals surface area contributed by atoms with Crippen molar-refractivity contribution in [3.8, 4) is 0 Å². The number of benzene rings is 7. The maximum atomic E-state index is 14.9. The predicted molar refractivity (Wildman–Crippen MR) is 348 cm³/mol. The molecule has 0 saturated carbocycles. The van der Waals surface area contributed by atoms with Crippen molar-refractivity contribution in [3.05, 3.63) is 111 Å². The van der Waals surface area contributed by atoms with Crippen LogP contribution in [0.5, 0.6) is 0 Å². The summed E-state index contributed by atoms with van der Waals surface area (Å²) in [5.74, 6) is 0. The number of hydrogen-bond acceptors (Lipinski definition) is 6. The highest BCUT2D eigenvalue weighted by molar-refractivity contribution is 7.89. The molecule has 0 radical (unpaired) electrons. The summed E-state index contributed by atoms with van der Waals surface area (Å²) in [7, 11) is -3.85. The molecule has 432 valence electrons. The monoisotopic (exact) mass is 1120 g/mol. The molecule has 9 nitrogen and oxygen atoms in total. The maximum absolute atomic E-state index is 14.9. The van der Waals surface area contributed by atoms with Crippen LogP contribution in [0.15, 0.2) is 99.4 Å². The van der Waals surface area contributed by atoms with Crippen molar-refractivity contribution in [2.24, 2.45) is 0 Å². The molecule has 0 bridgehead atoms. The lowest BCUT2D eigenvalue weighted by Gasteiger charge is -2.22. The summed E-state index contributed by atoms with van der Waals surface area (Å²) >= 11 is 0. The molecular weight excluding hydrogens is 1030 g/mol. The average molecular weight is 1120 g/mol. The number of nitrogens with zero attached hydrogens (tertiary/aromatic N) is 5. The first kappa shape index (κ1) is 57.8. The van der Waals surface area contributed by atoms with E-state index in [1.807, 2.05) is 16.5 Å². The fraction of sp³-hybridized carbons (Fsp3) is 0.500. The third-order valence-corrected chi connectivity index (χ3v) is 20.5. The molecule has 0 saturated heterocycles. The van der Waals surface area contributed by atoms with Gasteiger partial charge in [0.05, 0.1) is 27.0 Å². The summed E-state index contributed by atoms with van der Waals surface area (Å²) in [6, 6.07) is 28.2. The summed E-state index contributed by atoms with van der Waals surface area (Å²) in [5.41, 5.74) is 4.99. The zero-order chi connectivity index (χ0) is 56.6. The number of imidazole rings is 2. The fourth-order valence-corrected chi connectivity index (χ4v) is 15.5. The van der Waals surface area contributed by atoms with Crippen LogP contribution < -0.4 is 11.1 Å². The van der Waals surface area contributed by atoms with Gasteiger partial charge in [0.15, 0.2) is 0 Å². The molecule has 0 aliphatic heterocycles. The van der Waals surface area contributed by atoms with Crippen molar-refractivity contribution >= 4 is 108 Å². The Labute approximate surface area is 485 Å². The minimum Gasteiger partial charge on any atom is -0.268 e. The standard InChI is InChI=1S/C72H89N5O4S/c1-4-7-10-13-16-19-22-25-28-31-34-51-35-45-63-61(49-51)73-69-57-41-37-53-56-40-44-60-68-58(42-38-54(66(56)68)55-39-43-59(67(57)65(53)55)71(78)76(63)69)70-74-62-50-52(36-46-64(62)77(70)72(60)79)82(80,81)75(47-32-29-26-23-20-17-14-11-8-5-2)48-33-30-27-24-21-18-15-12-9-6-3/h35-46,49-50H,4-34,47-48H2,1-3H3. The Kier molecular flexibility index (Phi) is 18.9. The first-order valence-electron chi connectivity index (χ1n) is 32.6. The van der Waals surface area contributed by atoms with Crippen LogP contribution in [0.25, 0.3) is 98.0 Å². The smallest absolute Gasteiger partial charge is 0.264 e. The molecule has 0 aliphatic carbocycles. The van der Waals surface area contributed by atoms with Crippen LogP contribution in [0.4, 0.5) is 0 Å². The molecule has 82 heavy (non-hydrogen) atoms. The molecule has 7 aromatic carbocycles. The Bertz CT molecular complexity index is 4140. The molecule has 11 rings (SSSR count). The number of unbranched alkanes of at least 4 members (excludes halogenated alkanes) is 27. The van der Waals surface area contributed by atoms with Gasteiger partial charge in [0.1, 0.15) is 11.3 Å². The molecule has 4 heterocycles. The second-order valence-electron chi connectivity index (χ2n) is 24.5. The van der Waals surface area contributed by atoms with Crippen LogP contribution in [-0.2, 0) is 16.4 Å². The van der Waals surface area contributed by atoms with Crippen LogP contribution in [0.2, 0.25) is 0 Å². The van der Waals surface area contributed by atoms with Gasteiger partial charge in [0.2, 0.25) is 10.0 Å². The number of hydrogen-bond donors (Lipinski definition) is 0. The summed E-state index contributed by atoms with van der Waals surface area (Å²) in [4.78, 5) is 40.2. The SMILES string of the molecule is CCCCCCCCCCCCc1ccc2c(c1)nc1c3ccc4c5ccc6c(=O)n7c8ccc(S(=O)(=O)N(CCCCCCCCCCCC)CCCCCCCCCCCC)cc8nc7c7ccc(c8ccc(c(=O)n21)c3c48)c5c67. The van der Waals surface area contributed by atoms with Gasteiger partial charge < -0.3 is 0 Å². The zero-order valence-electron chi connectivity index (χ0n) is 49.7. The van der Waals surface area contributed by atoms with Gasteiger partial charge in [0, 0.05) is 45.4 Å². The first-order valence-corrected chi connectivity index (χ1v) is 34.0. The normalized spacial score (nSPS) is 12.8. The van der Waals surface area contributed by atoms with E-state index in [9.17, 15) is 18.0 Å². The van der Waals surface area contributed by atoms with Crippen LogP contribution in [0.3, 0.4) is 0 Å². The third kappa shape index (κ3) is 11.7. The Balaban J connectivity index is 0.878. The van der Waals surface area contributed by atoms with Crippen molar-refractivity contribution in [2.45, 2.75) is 225 Å². The van der Waals surface area contributed by atoms with Crippen LogP contribution in [0.1, 0.15) is 219 Å². The Hall–Kier alpha value is -5.97. The zero-order valence-corrected chi connectivity index (χ0v) is 50.5. The van der Waals surface area contributed by atoms with E-state index in [-0.39, 0.29) is 16.0 Å². The topological polar surface area (TPSA) is 106 Å². The van der Waals surface area contributed by atoms with Gasteiger partial charge in [-0.3, -0.25) is 18.4 Å². The molecule has 0 amide bonds. The largest absolute Gasteiger partial charge is 0.268 e. The molecule has 10 heteroatoms. The number of aryl methyl sites for hydroxylation is 1. The van der Waals surface area contributed by atoms with E-state index in [4.69, 9.17) is 9.97 Å². The van der Waals surface area contributed by atoms with E-state index in [1.54, 1.807) is 26.9 Å². The number of rotatable bonds is 35. The molecule has 0 aliphatic rings. The lowest BCUT2D eigenvalue weighted by Crippen LogP contribution is -2.33. The molecule has 0 fully saturated rings. The number of pyridine rings is 2. The van der Waals surface area contributed by atoms with Crippen molar-refractivity contribution < 1.29 is 8.42 Å². The third-order valence-electron chi connectivity index (χ3n) is 18.6. The van der Waals surface area contributed by atoms with Crippen molar-refractivity contribution in [1.29, 1.82) is 0 Å². The van der Waals surface area contributed by atoms with Crippen molar-refractivity contribution in [2.75, 3.05) is 13.1 Å². The molecule has 0 unspecified atom stereocenters. The maximum Gasteiger partial charge on any atom is 0.264 e. The Morgan fingerprint density at radius 3 is 1.11 bits per heavy atom. The molecule has 0 atom stereocenters. The van der Waals surface area contributed by atoms with Crippen molar-refractivity contribution in [3.63, 3.8) is 0 Å². The van der Waals surface area contributed by atoms with Crippen LogP contribution in [0, 0.1) is 0 Å². The molecule has 4 aromatic heterocycles.